The van der Waals surface area contributed by atoms with Gasteiger partial charge in [-0.25, -0.2) is 0 Å². The molecule has 12 heavy (non-hydrogen) atoms. The third-order valence-electron chi connectivity index (χ3n) is 2.44. The fourth-order valence-electron chi connectivity index (χ4n) is 1.49. The minimum atomic E-state index is -0.663. The van der Waals surface area contributed by atoms with Gasteiger partial charge in [-0.1, -0.05) is 6.92 Å². The van der Waals surface area contributed by atoms with Gasteiger partial charge in [0.15, 0.2) is 0 Å². The third-order valence-corrected chi connectivity index (χ3v) is 2.44. The van der Waals surface area contributed by atoms with E-state index in [4.69, 9.17) is 5.11 Å². The third kappa shape index (κ3) is 2.42. The van der Waals surface area contributed by atoms with Crippen LogP contribution in [0, 0.1) is 0 Å². The van der Waals surface area contributed by atoms with Gasteiger partial charge in [0.1, 0.15) is 6.23 Å². The molecule has 1 aliphatic rings. The highest BCUT2D eigenvalue weighted by atomic mass is 16.3. The molecule has 1 heterocycles. The standard InChI is InChI=1S/C8H18N2O2/c1-2-9-3-5-10(6-4-9)8(12)7-11/h8,11-12H,2-7H2,1H3. The average molecular weight is 174 g/mol. The molecule has 72 valence electrons. The highest BCUT2D eigenvalue weighted by Gasteiger charge is 2.20. The summed E-state index contributed by atoms with van der Waals surface area (Å²) in [7, 11) is 0. The molecule has 0 radical (unpaired) electrons. The topological polar surface area (TPSA) is 46.9 Å². The highest BCUT2D eigenvalue weighted by molar-refractivity contribution is 4.72. The normalized spacial score (nSPS) is 24.2. The van der Waals surface area contributed by atoms with Crippen LogP contribution < -0.4 is 0 Å². The molecular formula is C8H18N2O2. The zero-order chi connectivity index (χ0) is 8.97. The van der Waals surface area contributed by atoms with E-state index >= 15 is 0 Å². The summed E-state index contributed by atoms with van der Waals surface area (Å²) in [5.41, 5.74) is 0. The monoisotopic (exact) mass is 174 g/mol. The Balaban J connectivity index is 2.25. The van der Waals surface area contributed by atoms with Gasteiger partial charge in [0.25, 0.3) is 0 Å². The van der Waals surface area contributed by atoms with E-state index in [0.29, 0.717) is 0 Å². The Hall–Kier alpha value is -0.160. The van der Waals surface area contributed by atoms with Gasteiger partial charge in [-0.15, -0.1) is 0 Å². The molecule has 1 unspecified atom stereocenters. The van der Waals surface area contributed by atoms with Gasteiger partial charge in [0.05, 0.1) is 6.61 Å². The molecule has 0 bridgehead atoms. The van der Waals surface area contributed by atoms with Crippen molar-refractivity contribution in [3.8, 4) is 0 Å². The molecule has 4 nitrogen and oxygen atoms in total. The lowest BCUT2D eigenvalue weighted by atomic mass is 10.3. The maximum absolute atomic E-state index is 9.30. The summed E-state index contributed by atoms with van der Waals surface area (Å²) in [5.74, 6) is 0. The SMILES string of the molecule is CCN1CCN(C(O)CO)CC1. The summed E-state index contributed by atoms with van der Waals surface area (Å²) in [6.07, 6.45) is -0.663. The second-order valence-electron chi connectivity index (χ2n) is 3.13. The molecule has 0 aromatic heterocycles. The zero-order valence-electron chi connectivity index (χ0n) is 7.61. The maximum Gasteiger partial charge on any atom is 0.130 e. The number of nitrogens with zero attached hydrogens (tertiary/aromatic N) is 2. The van der Waals surface area contributed by atoms with Gasteiger partial charge in [0.2, 0.25) is 0 Å². The van der Waals surface area contributed by atoms with Crippen molar-refractivity contribution in [3.63, 3.8) is 0 Å². The van der Waals surface area contributed by atoms with Gasteiger partial charge in [-0.3, -0.25) is 4.90 Å². The Bertz CT molecular complexity index is 124. The molecule has 1 atom stereocenters. The minimum absolute atomic E-state index is 0.161. The summed E-state index contributed by atoms with van der Waals surface area (Å²) in [4.78, 5) is 4.24. The van der Waals surface area contributed by atoms with Crippen LogP contribution in [0.1, 0.15) is 6.92 Å². The van der Waals surface area contributed by atoms with Crippen LogP contribution in [0.2, 0.25) is 0 Å². The van der Waals surface area contributed by atoms with E-state index in [1.54, 1.807) is 0 Å². The van der Waals surface area contributed by atoms with Crippen molar-refractivity contribution in [1.82, 2.24) is 9.80 Å². The Morgan fingerprint density at radius 1 is 1.25 bits per heavy atom. The first-order valence-corrected chi connectivity index (χ1v) is 4.53. The summed E-state index contributed by atoms with van der Waals surface area (Å²) in [6.45, 7) is 6.75. The van der Waals surface area contributed by atoms with Gasteiger partial charge >= 0.3 is 0 Å². The lowest BCUT2D eigenvalue weighted by molar-refractivity contribution is -0.0544. The molecule has 1 aliphatic heterocycles. The minimum Gasteiger partial charge on any atom is -0.392 e. The van der Waals surface area contributed by atoms with Crippen LogP contribution in [0.4, 0.5) is 0 Å². The Morgan fingerprint density at radius 2 is 1.83 bits per heavy atom. The molecule has 0 aromatic carbocycles. The molecule has 0 saturated carbocycles. The van der Waals surface area contributed by atoms with Crippen LogP contribution in [0.3, 0.4) is 0 Å². The van der Waals surface area contributed by atoms with E-state index in [1.807, 2.05) is 4.90 Å². The van der Waals surface area contributed by atoms with Crippen LogP contribution in [-0.4, -0.2) is 65.6 Å². The maximum atomic E-state index is 9.30. The zero-order valence-corrected chi connectivity index (χ0v) is 7.61. The van der Waals surface area contributed by atoms with Crippen LogP contribution in [0.25, 0.3) is 0 Å². The molecule has 1 fully saturated rings. The number of aliphatic hydroxyl groups excluding tert-OH is 2. The molecule has 0 aliphatic carbocycles. The molecule has 1 saturated heterocycles. The molecule has 0 amide bonds. The first kappa shape index (κ1) is 9.92. The lowest BCUT2D eigenvalue weighted by Crippen LogP contribution is -2.51. The molecule has 0 aromatic rings. The number of likely N-dealkylation sites (N-methyl/N-ethyl adjacent to an activating group) is 1. The van der Waals surface area contributed by atoms with E-state index < -0.39 is 6.23 Å². The predicted octanol–water partition coefficient (Wildman–Crippen LogP) is -1.07. The van der Waals surface area contributed by atoms with E-state index in [2.05, 4.69) is 11.8 Å². The molecule has 0 spiro atoms. The van der Waals surface area contributed by atoms with Gasteiger partial charge in [0, 0.05) is 26.2 Å². The molecular weight excluding hydrogens is 156 g/mol. The number of aliphatic hydroxyl groups is 2. The first-order valence-electron chi connectivity index (χ1n) is 4.53. The largest absolute Gasteiger partial charge is 0.392 e. The van der Waals surface area contributed by atoms with E-state index in [0.717, 1.165) is 32.7 Å². The van der Waals surface area contributed by atoms with Crippen molar-refractivity contribution < 1.29 is 10.2 Å². The highest BCUT2D eigenvalue weighted by Crippen LogP contribution is 2.03. The van der Waals surface area contributed by atoms with E-state index in [1.165, 1.54) is 0 Å². The fraction of sp³-hybridized carbons (Fsp3) is 1.00. The summed E-state index contributed by atoms with van der Waals surface area (Å²) in [6, 6.07) is 0. The first-order chi connectivity index (χ1) is 5.77. The van der Waals surface area contributed by atoms with Crippen molar-refractivity contribution in [2.75, 3.05) is 39.3 Å². The second-order valence-corrected chi connectivity index (χ2v) is 3.13. The van der Waals surface area contributed by atoms with Crippen molar-refractivity contribution >= 4 is 0 Å². The Kier molecular flexibility index (Phi) is 3.94. The smallest absolute Gasteiger partial charge is 0.130 e. The summed E-state index contributed by atoms with van der Waals surface area (Å²) >= 11 is 0. The van der Waals surface area contributed by atoms with Crippen molar-refractivity contribution in [3.05, 3.63) is 0 Å². The number of rotatable bonds is 3. The van der Waals surface area contributed by atoms with Crippen molar-refractivity contribution in [1.29, 1.82) is 0 Å². The number of piperazine rings is 1. The van der Waals surface area contributed by atoms with Crippen LogP contribution in [0.5, 0.6) is 0 Å². The van der Waals surface area contributed by atoms with Gasteiger partial charge < -0.3 is 15.1 Å². The number of hydrogen-bond donors (Lipinski definition) is 2. The van der Waals surface area contributed by atoms with Crippen LogP contribution >= 0.6 is 0 Å². The quantitative estimate of drug-likeness (QED) is 0.572. The lowest BCUT2D eigenvalue weighted by Gasteiger charge is -2.36. The summed E-state index contributed by atoms with van der Waals surface area (Å²) < 4.78 is 0. The summed E-state index contributed by atoms with van der Waals surface area (Å²) in [5, 5.41) is 18.0. The van der Waals surface area contributed by atoms with Crippen LogP contribution in [0.15, 0.2) is 0 Å². The van der Waals surface area contributed by atoms with Gasteiger partial charge in [-0.2, -0.15) is 0 Å². The predicted molar refractivity (Wildman–Crippen MR) is 46.8 cm³/mol. The second kappa shape index (κ2) is 4.77. The Labute approximate surface area is 73.4 Å². The van der Waals surface area contributed by atoms with E-state index in [9.17, 15) is 5.11 Å². The molecule has 4 heteroatoms. The molecule has 1 rings (SSSR count). The average Bonchev–Trinajstić information content (AvgIpc) is 2.17. The van der Waals surface area contributed by atoms with Gasteiger partial charge in [-0.05, 0) is 6.54 Å². The molecule has 2 N–H and O–H groups in total. The van der Waals surface area contributed by atoms with Crippen molar-refractivity contribution in [2.24, 2.45) is 0 Å². The fourth-order valence-corrected chi connectivity index (χ4v) is 1.49. The Morgan fingerprint density at radius 3 is 2.25 bits per heavy atom. The van der Waals surface area contributed by atoms with E-state index in [-0.39, 0.29) is 6.61 Å². The number of hydrogen-bond acceptors (Lipinski definition) is 4. The van der Waals surface area contributed by atoms with Crippen molar-refractivity contribution in [2.45, 2.75) is 13.2 Å². The van der Waals surface area contributed by atoms with Crippen LogP contribution in [-0.2, 0) is 0 Å².